The van der Waals surface area contributed by atoms with Crippen LogP contribution in [0.3, 0.4) is 0 Å². The van der Waals surface area contributed by atoms with Gasteiger partial charge in [0.05, 0.1) is 13.2 Å². The monoisotopic (exact) mass is 306 g/mol. The zero-order valence-electron chi connectivity index (χ0n) is 5.73. The first-order valence-electron chi connectivity index (χ1n) is 2.62. The molecule has 8 nitrogen and oxygen atoms in total. The summed E-state index contributed by atoms with van der Waals surface area (Å²) >= 11 is 0. The van der Waals surface area contributed by atoms with Crippen molar-refractivity contribution in [3.63, 3.8) is 0 Å². The van der Waals surface area contributed by atoms with E-state index >= 15 is 0 Å². The second-order valence-electron chi connectivity index (χ2n) is 1.60. The van der Waals surface area contributed by atoms with E-state index in [4.69, 9.17) is 19.8 Å². The summed E-state index contributed by atoms with van der Waals surface area (Å²) in [5, 5.41) is 8.12. The van der Waals surface area contributed by atoms with Gasteiger partial charge < -0.3 is 19.8 Å². The van der Waals surface area contributed by atoms with Gasteiger partial charge in [0.1, 0.15) is 0 Å². The molecule has 0 saturated carbocycles. The van der Waals surface area contributed by atoms with Crippen molar-refractivity contribution in [1.29, 1.82) is 0 Å². The van der Waals surface area contributed by atoms with Gasteiger partial charge in [-0.3, -0.25) is 4.52 Å². The number of aliphatic hydroxyl groups excluding tert-OH is 1. The van der Waals surface area contributed by atoms with Crippen molar-refractivity contribution in [2.24, 2.45) is 0 Å². The molecule has 0 aromatic heterocycles. The number of hydrogen-bond acceptors (Lipinski definition) is 5. The molecule has 14 heavy (non-hydrogen) atoms. The van der Waals surface area contributed by atoms with E-state index in [0.717, 1.165) is 0 Å². The van der Waals surface area contributed by atoms with Gasteiger partial charge in [-0.05, 0) is 0 Å². The van der Waals surface area contributed by atoms with Crippen molar-refractivity contribution < 1.29 is 37.8 Å². The Kier molecular flexibility index (Phi) is 15.3. The Balaban J connectivity index is -0.000000605. The molecule has 0 rings (SSSR count). The maximum absolute atomic E-state index is 10.5. The number of rotatable bonds is 5. The topological polar surface area (TPSA) is 134 Å². The molecule has 4 N–H and O–H groups in total. The van der Waals surface area contributed by atoms with E-state index in [-0.39, 0.29) is 75.5 Å². The molecular formula is C2H12Ca2O8P2. The standard InChI is InChI=1S/C2H8O8P2.2Ca.4H/c3-1-2-9-12(7,8)10-11(4,5)6;;;;;;/h3H,1-2H2,(H,7,8)(H2,4,5,6);;;;;;. The second-order valence-corrected chi connectivity index (χ2v) is 4.43. The molecule has 0 aromatic carbocycles. The predicted octanol–water partition coefficient (Wildman–Crippen LogP) is -2.63. The molecule has 0 fully saturated rings. The summed E-state index contributed by atoms with van der Waals surface area (Å²) < 4.78 is 27.8. The van der Waals surface area contributed by atoms with Crippen LogP contribution in [0.1, 0.15) is 0 Å². The van der Waals surface area contributed by atoms with Crippen molar-refractivity contribution in [3.05, 3.63) is 0 Å². The first kappa shape index (κ1) is 22.0. The fourth-order valence-electron chi connectivity index (χ4n) is 0.314. The Morgan fingerprint density at radius 2 is 1.50 bits per heavy atom. The Morgan fingerprint density at radius 1 is 1.07 bits per heavy atom. The van der Waals surface area contributed by atoms with E-state index in [0.29, 0.717) is 0 Å². The molecule has 82 valence electrons. The van der Waals surface area contributed by atoms with Crippen molar-refractivity contribution in [2.45, 2.75) is 0 Å². The number of phosphoric acid groups is 2. The van der Waals surface area contributed by atoms with Crippen LogP contribution in [0.25, 0.3) is 0 Å². The van der Waals surface area contributed by atoms with Crippen LogP contribution in [0, 0.1) is 0 Å². The SMILES string of the molecule is O=P(O)(O)OP(=O)(O)OCCO.[CaH2].[CaH2]. The zero-order valence-corrected chi connectivity index (χ0v) is 7.52. The maximum atomic E-state index is 10.5. The second kappa shape index (κ2) is 9.74. The van der Waals surface area contributed by atoms with Crippen molar-refractivity contribution >= 4 is 91.1 Å². The van der Waals surface area contributed by atoms with Crippen molar-refractivity contribution in [1.82, 2.24) is 0 Å². The predicted molar refractivity (Wildman–Crippen MR) is 53.1 cm³/mol. The fourth-order valence-corrected chi connectivity index (χ4v) is 1.89. The van der Waals surface area contributed by atoms with Gasteiger partial charge in [-0.15, -0.1) is 0 Å². The van der Waals surface area contributed by atoms with E-state index in [1.807, 2.05) is 0 Å². The first-order chi connectivity index (χ1) is 5.27. The molecule has 0 aliphatic carbocycles. The Morgan fingerprint density at radius 3 is 1.79 bits per heavy atom. The van der Waals surface area contributed by atoms with Crippen LogP contribution in [0.2, 0.25) is 0 Å². The van der Waals surface area contributed by atoms with Crippen LogP contribution >= 0.6 is 15.6 Å². The average Bonchev–Trinajstić information content (AvgIpc) is 1.78. The zero-order chi connectivity index (χ0) is 9.83. The minimum atomic E-state index is -5.05. The van der Waals surface area contributed by atoms with Gasteiger partial charge in [0, 0.05) is 0 Å². The summed E-state index contributed by atoms with van der Waals surface area (Å²) in [6.07, 6.45) is 0. The van der Waals surface area contributed by atoms with Gasteiger partial charge >= 0.3 is 91.1 Å². The molecule has 0 bridgehead atoms. The van der Waals surface area contributed by atoms with E-state index in [2.05, 4.69) is 8.83 Å². The molecule has 0 aromatic rings. The molecule has 0 spiro atoms. The van der Waals surface area contributed by atoms with Crippen molar-refractivity contribution in [2.75, 3.05) is 13.2 Å². The normalized spacial score (nSPS) is 14.9. The van der Waals surface area contributed by atoms with Crippen molar-refractivity contribution in [3.8, 4) is 0 Å². The fraction of sp³-hybridized carbons (Fsp3) is 1.00. The quantitative estimate of drug-likeness (QED) is 0.320. The van der Waals surface area contributed by atoms with Gasteiger partial charge in [-0.2, -0.15) is 4.31 Å². The molecular weight excluding hydrogens is 294 g/mol. The summed E-state index contributed by atoms with van der Waals surface area (Å²) in [7, 11) is -9.80. The summed E-state index contributed by atoms with van der Waals surface area (Å²) in [5.74, 6) is 0. The third kappa shape index (κ3) is 14.7. The van der Waals surface area contributed by atoms with E-state index < -0.39 is 28.9 Å². The molecule has 1 atom stereocenters. The Hall–Kier alpha value is 2.74. The average molecular weight is 306 g/mol. The summed E-state index contributed by atoms with van der Waals surface area (Å²) in [5.41, 5.74) is 0. The number of hydrogen-bond donors (Lipinski definition) is 4. The number of phosphoric ester groups is 1. The summed E-state index contributed by atoms with van der Waals surface area (Å²) in [6.45, 7) is -1.11. The van der Waals surface area contributed by atoms with Crippen LogP contribution in [0.4, 0.5) is 0 Å². The summed E-state index contributed by atoms with van der Waals surface area (Å²) in [6, 6.07) is 0. The third-order valence-corrected chi connectivity index (χ3v) is 2.74. The Bertz CT molecular complexity index is 225. The molecule has 1 unspecified atom stereocenters. The van der Waals surface area contributed by atoms with Gasteiger partial charge in [0.25, 0.3) is 0 Å². The molecule has 0 saturated heterocycles. The number of aliphatic hydroxyl groups is 1. The van der Waals surface area contributed by atoms with Gasteiger partial charge in [0.15, 0.2) is 0 Å². The molecule has 12 heteroatoms. The van der Waals surface area contributed by atoms with Crippen LogP contribution in [0.5, 0.6) is 0 Å². The molecule has 0 radical (unpaired) electrons. The Labute approximate surface area is 140 Å². The molecule has 0 aliphatic heterocycles. The van der Waals surface area contributed by atoms with Gasteiger partial charge in [0.2, 0.25) is 0 Å². The van der Waals surface area contributed by atoms with E-state index in [9.17, 15) is 9.13 Å². The van der Waals surface area contributed by atoms with Crippen LogP contribution in [0.15, 0.2) is 0 Å². The third-order valence-electron chi connectivity index (χ3n) is 0.555. The minimum absolute atomic E-state index is 0. The van der Waals surface area contributed by atoms with E-state index in [1.54, 1.807) is 0 Å². The first-order valence-corrected chi connectivity index (χ1v) is 5.64. The van der Waals surface area contributed by atoms with Crippen LogP contribution < -0.4 is 0 Å². The van der Waals surface area contributed by atoms with Gasteiger partial charge in [-0.1, -0.05) is 0 Å². The molecule has 0 aliphatic rings. The van der Waals surface area contributed by atoms with E-state index in [1.165, 1.54) is 0 Å². The van der Waals surface area contributed by atoms with Crippen LogP contribution in [-0.2, 0) is 18.0 Å². The van der Waals surface area contributed by atoms with Gasteiger partial charge in [-0.25, -0.2) is 9.13 Å². The van der Waals surface area contributed by atoms with Crippen LogP contribution in [-0.4, -0.2) is 108 Å². The summed E-state index contributed by atoms with van der Waals surface area (Å²) in [4.78, 5) is 24.6. The molecule has 0 amide bonds. The molecule has 0 heterocycles.